The Kier molecular flexibility index (Phi) is 5.57. The van der Waals surface area contributed by atoms with E-state index in [4.69, 9.17) is 0 Å². The Bertz CT molecular complexity index is 933. The zero-order valence-electron chi connectivity index (χ0n) is 15.2. The summed E-state index contributed by atoms with van der Waals surface area (Å²) >= 11 is 3.47. The number of rotatable bonds is 5. The molecule has 0 bridgehead atoms. The number of nitrogens with one attached hydrogen (secondary N) is 1. The lowest BCUT2D eigenvalue weighted by atomic mass is 10.1. The molecule has 3 rings (SSSR count). The quantitative estimate of drug-likeness (QED) is 0.654. The van der Waals surface area contributed by atoms with E-state index in [9.17, 15) is 4.79 Å². The van der Waals surface area contributed by atoms with Crippen molar-refractivity contribution >= 4 is 21.8 Å². The van der Waals surface area contributed by atoms with Crippen LogP contribution in [-0.2, 0) is 6.54 Å². The van der Waals surface area contributed by atoms with Gasteiger partial charge >= 0.3 is 0 Å². The molecule has 1 aromatic heterocycles. The molecule has 3 aromatic rings. The number of nitrogens with zero attached hydrogens (tertiary/aromatic N) is 2. The number of hydrogen-bond donors (Lipinski definition) is 1. The number of carbonyl (C=O) groups excluding carboxylic acids is 1. The first-order valence-electron chi connectivity index (χ1n) is 8.58. The Morgan fingerprint density at radius 3 is 2.62 bits per heavy atom. The minimum atomic E-state index is -0.0762. The fourth-order valence-corrected chi connectivity index (χ4v) is 3.38. The highest BCUT2D eigenvalue weighted by Gasteiger charge is 2.12. The van der Waals surface area contributed by atoms with E-state index in [-0.39, 0.29) is 11.9 Å². The van der Waals surface area contributed by atoms with Crippen LogP contribution in [0.4, 0.5) is 0 Å². The molecule has 5 heteroatoms. The average Bonchev–Trinajstić information content (AvgIpc) is 2.92. The number of carbonyl (C=O) groups is 1. The third kappa shape index (κ3) is 4.41. The van der Waals surface area contributed by atoms with Crippen molar-refractivity contribution in [2.24, 2.45) is 0 Å². The maximum absolute atomic E-state index is 12.6. The smallest absolute Gasteiger partial charge is 0.251 e. The van der Waals surface area contributed by atoms with Gasteiger partial charge in [-0.1, -0.05) is 40.2 Å². The minimum Gasteiger partial charge on any atom is -0.346 e. The fourth-order valence-electron chi connectivity index (χ4n) is 2.96. The van der Waals surface area contributed by atoms with Gasteiger partial charge in [0.1, 0.15) is 0 Å². The number of halogens is 1. The van der Waals surface area contributed by atoms with Crippen molar-refractivity contribution in [2.75, 3.05) is 0 Å². The van der Waals surface area contributed by atoms with Crippen LogP contribution in [0.2, 0.25) is 0 Å². The summed E-state index contributed by atoms with van der Waals surface area (Å²) in [6.07, 6.45) is 0. The number of aryl methyl sites for hydroxylation is 2. The van der Waals surface area contributed by atoms with E-state index in [1.165, 1.54) is 0 Å². The molecule has 0 saturated carbocycles. The van der Waals surface area contributed by atoms with Crippen LogP contribution in [-0.4, -0.2) is 15.7 Å². The van der Waals surface area contributed by atoms with Crippen molar-refractivity contribution in [1.82, 2.24) is 15.1 Å². The largest absolute Gasteiger partial charge is 0.346 e. The monoisotopic (exact) mass is 411 g/mol. The van der Waals surface area contributed by atoms with Crippen LogP contribution >= 0.6 is 15.9 Å². The third-order valence-electron chi connectivity index (χ3n) is 4.32. The van der Waals surface area contributed by atoms with E-state index in [2.05, 4.69) is 32.4 Å². The lowest BCUT2D eigenvalue weighted by Crippen LogP contribution is -2.26. The molecular formula is C21H22BrN3O. The van der Waals surface area contributed by atoms with E-state index in [1.807, 2.05) is 74.0 Å². The van der Waals surface area contributed by atoms with Gasteiger partial charge in [-0.2, -0.15) is 5.10 Å². The maximum Gasteiger partial charge on any atom is 0.251 e. The number of amides is 1. The molecule has 134 valence electrons. The second kappa shape index (κ2) is 7.87. The molecule has 0 aliphatic rings. The molecule has 0 saturated heterocycles. The zero-order valence-corrected chi connectivity index (χ0v) is 16.7. The number of hydrogen-bond acceptors (Lipinski definition) is 2. The molecule has 0 aliphatic carbocycles. The van der Waals surface area contributed by atoms with Gasteiger partial charge in [0.25, 0.3) is 5.91 Å². The van der Waals surface area contributed by atoms with Crippen molar-refractivity contribution in [2.45, 2.75) is 33.4 Å². The minimum absolute atomic E-state index is 0.0698. The molecule has 2 aromatic carbocycles. The number of aromatic nitrogens is 2. The van der Waals surface area contributed by atoms with Gasteiger partial charge in [0.2, 0.25) is 0 Å². The second-order valence-corrected chi connectivity index (χ2v) is 7.45. The van der Waals surface area contributed by atoms with E-state index in [0.717, 1.165) is 27.0 Å². The molecule has 0 fully saturated rings. The predicted octanol–water partition coefficient (Wildman–Crippen LogP) is 4.80. The van der Waals surface area contributed by atoms with E-state index in [1.54, 1.807) is 0 Å². The van der Waals surface area contributed by atoms with Gasteiger partial charge in [-0.25, -0.2) is 0 Å². The van der Waals surface area contributed by atoms with Gasteiger partial charge in [0, 0.05) is 15.7 Å². The third-order valence-corrected chi connectivity index (χ3v) is 4.81. The Morgan fingerprint density at radius 2 is 1.92 bits per heavy atom. The van der Waals surface area contributed by atoms with Crippen molar-refractivity contribution in [1.29, 1.82) is 0 Å². The predicted molar refractivity (Wildman–Crippen MR) is 107 cm³/mol. The second-order valence-electron chi connectivity index (χ2n) is 6.54. The van der Waals surface area contributed by atoms with Crippen LogP contribution in [0.15, 0.2) is 59.1 Å². The van der Waals surface area contributed by atoms with Gasteiger partial charge in [0.15, 0.2) is 0 Å². The summed E-state index contributed by atoms with van der Waals surface area (Å²) in [6.45, 7) is 6.66. The van der Waals surface area contributed by atoms with Crippen LogP contribution in [0.25, 0.3) is 0 Å². The first kappa shape index (κ1) is 18.4. The molecule has 1 atom stereocenters. The van der Waals surface area contributed by atoms with E-state index >= 15 is 0 Å². The highest BCUT2D eigenvalue weighted by atomic mass is 79.9. The standard InChI is InChI=1S/C21H22BrN3O/c1-14-10-15(2)25(24-14)13-17-6-4-8-19(11-17)21(26)23-16(3)18-7-5-9-20(22)12-18/h4-12,16H,13H2,1-3H3,(H,23,26). The Hall–Kier alpha value is -2.40. The normalized spacial score (nSPS) is 12.0. The SMILES string of the molecule is Cc1cc(C)n(Cc2cccc(C(=O)NC(C)c3cccc(Br)c3)c2)n1. The Morgan fingerprint density at radius 1 is 1.15 bits per heavy atom. The van der Waals surface area contributed by atoms with Crippen LogP contribution in [0, 0.1) is 13.8 Å². The topological polar surface area (TPSA) is 46.9 Å². The van der Waals surface area contributed by atoms with Gasteiger partial charge in [-0.05, 0) is 62.2 Å². The molecule has 0 spiro atoms. The summed E-state index contributed by atoms with van der Waals surface area (Å²) < 4.78 is 2.96. The van der Waals surface area contributed by atoms with Crippen molar-refractivity contribution in [3.05, 3.63) is 87.1 Å². The van der Waals surface area contributed by atoms with Gasteiger partial charge < -0.3 is 5.32 Å². The summed E-state index contributed by atoms with van der Waals surface area (Å²) in [5.74, 6) is -0.0762. The molecule has 26 heavy (non-hydrogen) atoms. The zero-order chi connectivity index (χ0) is 18.7. The molecule has 1 heterocycles. The fraction of sp³-hybridized carbons (Fsp3) is 0.238. The summed E-state index contributed by atoms with van der Waals surface area (Å²) in [6, 6.07) is 17.7. The van der Waals surface area contributed by atoms with Crippen molar-refractivity contribution in [3.8, 4) is 0 Å². The molecule has 1 N–H and O–H groups in total. The molecular weight excluding hydrogens is 390 g/mol. The van der Waals surface area contributed by atoms with Crippen LogP contribution < -0.4 is 5.32 Å². The first-order valence-corrected chi connectivity index (χ1v) is 9.38. The number of benzene rings is 2. The van der Waals surface area contributed by atoms with Crippen LogP contribution in [0.3, 0.4) is 0 Å². The average molecular weight is 412 g/mol. The van der Waals surface area contributed by atoms with Crippen molar-refractivity contribution < 1.29 is 4.79 Å². The maximum atomic E-state index is 12.6. The molecule has 0 aliphatic heterocycles. The van der Waals surface area contributed by atoms with Gasteiger partial charge in [0.05, 0.1) is 18.3 Å². The lowest BCUT2D eigenvalue weighted by Gasteiger charge is -2.15. The summed E-state index contributed by atoms with van der Waals surface area (Å²) in [5, 5.41) is 7.55. The van der Waals surface area contributed by atoms with E-state index in [0.29, 0.717) is 12.1 Å². The Labute approximate surface area is 162 Å². The first-order chi connectivity index (χ1) is 12.4. The summed E-state index contributed by atoms with van der Waals surface area (Å²) in [7, 11) is 0. The van der Waals surface area contributed by atoms with Crippen molar-refractivity contribution in [3.63, 3.8) is 0 Å². The van der Waals surface area contributed by atoms with Crippen LogP contribution in [0.5, 0.6) is 0 Å². The van der Waals surface area contributed by atoms with Gasteiger partial charge in [-0.3, -0.25) is 9.48 Å². The molecule has 1 unspecified atom stereocenters. The lowest BCUT2D eigenvalue weighted by molar-refractivity contribution is 0.0939. The van der Waals surface area contributed by atoms with Gasteiger partial charge in [-0.15, -0.1) is 0 Å². The highest BCUT2D eigenvalue weighted by Crippen LogP contribution is 2.18. The highest BCUT2D eigenvalue weighted by molar-refractivity contribution is 9.10. The summed E-state index contributed by atoms with van der Waals surface area (Å²) in [4.78, 5) is 12.6. The Balaban J connectivity index is 1.72. The summed E-state index contributed by atoms with van der Waals surface area (Å²) in [5.41, 5.74) is 4.89. The molecule has 0 radical (unpaired) electrons. The van der Waals surface area contributed by atoms with Crippen LogP contribution in [0.1, 0.15) is 45.8 Å². The molecule has 4 nitrogen and oxygen atoms in total. The van der Waals surface area contributed by atoms with E-state index < -0.39 is 0 Å². The molecule has 1 amide bonds.